The molecule has 2 atom stereocenters. The summed E-state index contributed by atoms with van der Waals surface area (Å²) in [6, 6.07) is 4.50. The summed E-state index contributed by atoms with van der Waals surface area (Å²) in [6.45, 7) is 4.85. The van der Waals surface area contributed by atoms with Gasteiger partial charge in [-0.1, -0.05) is 13.8 Å². The number of halogens is 1. The third kappa shape index (κ3) is 6.05. The average Bonchev–Trinajstić information content (AvgIpc) is 2.64. The van der Waals surface area contributed by atoms with Gasteiger partial charge in [0.05, 0.1) is 0 Å². The highest BCUT2D eigenvalue weighted by molar-refractivity contribution is 5.97. The van der Waals surface area contributed by atoms with Gasteiger partial charge in [0.1, 0.15) is 11.9 Å². The zero-order valence-electron chi connectivity index (χ0n) is 15.8. The van der Waals surface area contributed by atoms with Gasteiger partial charge in [-0.2, -0.15) is 0 Å². The predicted molar refractivity (Wildman–Crippen MR) is 98.7 cm³/mol. The molecular formula is C20H27FN2O4. The molecule has 0 bridgehead atoms. The molecule has 0 spiro atoms. The number of nitrogens with zero attached hydrogens (tertiary/aromatic N) is 1. The maximum atomic E-state index is 13.0. The molecule has 1 heterocycles. The molecule has 1 aromatic rings. The molecule has 1 saturated heterocycles. The molecule has 148 valence electrons. The van der Waals surface area contributed by atoms with E-state index < -0.39 is 23.7 Å². The van der Waals surface area contributed by atoms with Crippen LogP contribution in [0.1, 0.15) is 49.9 Å². The number of hydrogen-bond donors (Lipinski definition) is 2. The van der Waals surface area contributed by atoms with Gasteiger partial charge in [-0.05, 0) is 55.4 Å². The Bertz CT molecular complexity index is 675. The number of hydrogen-bond acceptors (Lipinski definition) is 3. The molecule has 2 N–H and O–H groups in total. The SMILES string of the molecule is CC(C)C(NC(=O)c1ccc(F)cc1)C(=O)N1CCCC(CCC(=O)O)C1. The quantitative estimate of drug-likeness (QED) is 0.764. The molecular weight excluding hydrogens is 351 g/mol. The van der Waals surface area contributed by atoms with Crippen LogP contribution in [0, 0.1) is 17.7 Å². The lowest BCUT2D eigenvalue weighted by molar-refractivity contribution is -0.137. The van der Waals surface area contributed by atoms with Crippen molar-refractivity contribution in [3.63, 3.8) is 0 Å². The van der Waals surface area contributed by atoms with E-state index in [4.69, 9.17) is 5.11 Å². The molecule has 2 amide bonds. The lowest BCUT2D eigenvalue weighted by Crippen LogP contribution is -2.53. The topological polar surface area (TPSA) is 86.7 Å². The minimum atomic E-state index is -0.829. The largest absolute Gasteiger partial charge is 0.481 e. The number of carbonyl (C=O) groups is 3. The van der Waals surface area contributed by atoms with Crippen molar-refractivity contribution < 1.29 is 23.9 Å². The Morgan fingerprint density at radius 3 is 2.52 bits per heavy atom. The first-order valence-corrected chi connectivity index (χ1v) is 9.35. The second kappa shape index (κ2) is 9.48. The summed E-state index contributed by atoms with van der Waals surface area (Å²) in [5.41, 5.74) is 0.299. The lowest BCUT2D eigenvalue weighted by Gasteiger charge is -2.36. The summed E-state index contributed by atoms with van der Waals surface area (Å²) in [6.07, 6.45) is 2.38. The van der Waals surface area contributed by atoms with E-state index in [2.05, 4.69) is 5.32 Å². The molecule has 2 unspecified atom stereocenters. The standard InChI is InChI=1S/C20H27FN2O4/c1-13(2)18(22-19(26)15-6-8-16(21)9-7-15)20(27)23-11-3-4-14(12-23)5-10-17(24)25/h6-9,13-14,18H,3-5,10-12H2,1-2H3,(H,22,26)(H,24,25). The Kier molecular flexibility index (Phi) is 7.33. The van der Waals surface area contributed by atoms with Gasteiger partial charge < -0.3 is 15.3 Å². The van der Waals surface area contributed by atoms with Crippen LogP contribution in [0.4, 0.5) is 4.39 Å². The number of carboxylic acid groups (broad SMARTS) is 1. The van der Waals surface area contributed by atoms with Crippen molar-refractivity contribution in [2.24, 2.45) is 11.8 Å². The van der Waals surface area contributed by atoms with Gasteiger partial charge in [0, 0.05) is 25.1 Å². The van der Waals surface area contributed by atoms with Crippen LogP contribution in [-0.2, 0) is 9.59 Å². The smallest absolute Gasteiger partial charge is 0.303 e. The Balaban J connectivity index is 2.02. The van der Waals surface area contributed by atoms with Crippen LogP contribution < -0.4 is 5.32 Å². The van der Waals surface area contributed by atoms with E-state index in [9.17, 15) is 18.8 Å². The van der Waals surface area contributed by atoms with Gasteiger partial charge in [-0.25, -0.2) is 4.39 Å². The monoisotopic (exact) mass is 378 g/mol. The Hall–Kier alpha value is -2.44. The van der Waals surface area contributed by atoms with Gasteiger partial charge in [-0.15, -0.1) is 0 Å². The van der Waals surface area contributed by atoms with Crippen molar-refractivity contribution in [2.75, 3.05) is 13.1 Å². The van der Waals surface area contributed by atoms with Crippen molar-refractivity contribution in [3.8, 4) is 0 Å². The summed E-state index contributed by atoms with van der Waals surface area (Å²) in [4.78, 5) is 37.9. The highest BCUT2D eigenvalue weighted by Crippen LogP contribution is 2.22. The molecule has 1 aromatic carbocycles. The Morgan fingerprint density at radius 2 is 1.93 bits per heavy atom. The van der Waals surface area contributed by atoms with Crippen LogP contribution in [-0.4, -0.2) is 46.9 Å². The third-order valence-corrected chi connectivity index (χ3v) is 4.92. The van der Waals surface area contributed by atoms with Gasteiger partial charge >= 0.3 is 5.97 Å². The summed E-state index contributed by atoms with van der Waals surface area (Å²) < 4.78 is 13.0. The first-order chi connectivity index (χ1) is 12.8. The summed E-state index contributed by atoms with van der Waals surface area (Å²) in [7, 11) is 0. The fourth-order valence-electron chi connectivity index (χ4n) is 3.36. The third-order valence-electron chi connectivity index (χ3n) is 4.92. The van der Waals surface area contributed by atoms with E-state index in [-0.39, 0.29) is 24.2 Å². The van der Waals surface area contributed by atoms with Gasteiger partial charge in [0.15, 0.2) is 0 Å². The number of likely N-dealkylation sites (tertiary alicyclic amines) is 1. The number of rotatable bonds is 7. The van der Waals surface area contributed by atoms with Crippen molar-refractivity contribution in [3.05, 3.63) is 35.6 Å². The summed E-state index contributed by atoms with van der Waals surface area (Å²) >= 11 is 0. The van der Waals surface area contributed by atoms with E-state index in [0.717, 1.165) is 12.8 Å². The molecule has 0 saturated carbocycles. The van der Waals surface area contributed by atoms with Gasteiger partial charge in [0.2, 0.25) is 5.91 Å². The molecule has 0 aromatic heterocycles. The molecule has 7 heteroatoms. The van der Waals surface area contributed by atoms with Crippen LogP contribution >= 0.6 is 0 Å². The number of nitrogens with one attached hydrogen (secondary N) is 1. The van der Waals surface area contributed by atoms with Crippen LogP contribution in [0.3, 0.4) is 0 Å². The minimum absolute atomic E-state index is 0.0988. The maximum Gasteiger partial charge on any atom is 0.303 e. The van der Waals surface area contributed by atoms with Crippen LogP contribution in [0.2, 0.25) is 0 Å². The molecule has 1 aliphatic heterocycles. The number of amides is 2. The average molecular weight is 378 g/mol. The predicted octanol–water partition coefficient (Wildman–Crippen LogP) is 2.68. The van der Waals surface area contributed by atoms with E-state index in [0.29, 0.717) is 25.1 Å². The summed E-state index contributed by atoms with van der Waals surface area (Å²) in [5.74, 6) is -1.77. The van der Waals surface area contributed by atoms with E-state index in [1.54, 1.807) is 4.90 Å². The highest BCUT2D eigenvalue weighted by Gasteiger charge is 2.32. The fraction of sp³-hybridized carbons (Fsp3) is 0.550. The fourth-order valence-corrected chi connectivity index (χ4v) is 3.36. The first kappa shape index (κ1) is 20.9. The van der Waals surface area contributed by atoms with Crippen LogP contribution in [0.15, 0.2) is 24.3 Å². The van der Waals surface area contributed by atoms with Crippen molar-refractivity contribution in [1.82, 2.24) is 10.2 Å². The maximum absolute atomic E-state index is 13.0. The highest BCUT2D eigenvalue weighted by atomic mass is 19.1. The molecule has 1 aliphatic rings. The van der Waals surface area contributed by atoms with E-state index in [1.807, 2.05) is 13.8 Å². The van der Waals surface area contributed by atoms with Crippen molar-refractivity contribution in [2.45, 2.75) is 45.6 Å². The molecule has 1 fully saturated rings. The lowest BCUT2D eigenvalue weighted by atomic mass is 9.92. The van der Waals surface area contributed by atoms with Crippen molar-refractivity contribution >= 4 is 17.8 Å². The van der Waals surface area contributed by atoms with Crippen LogP contribution in [0.25, 0.3) is 0 Å². The first-order valence-electron chi connectivity index (χ1n) is 9.35. The van der Waals surface area contributed by atoms with Gasteiger partial charge in [0.25, 0.3) is 5.91 Å². The number of carbonyl (C=O) groups excluding carboxylic acids is 2. The van der Waals surface area contributed by atoms with E-state index >= 15 is 0 Å². The van der Waals surface area contributed by atoms with Crippen LogP contribution in [0.5, 0.6) is 0 Å². The molecule has 0 radical (unpaired) electrons. The van der Waals surface area contributed by atoms with E-state index in [1.165, 1.54) is 24.3 Å². The van der Waals surface area contributed by atoms with Crippen molar-refractivity contribution in [1.29, 1.82) is 0 Å². The molecule has 6 nitrogen and oxygen atoms in total. The molecule has 27 heavy (non-hydrogen) atoms. The normalized spacial score (nSPS) is 18.2. The Morgan fingerprint density at radius 1 is 1.26 bits per heavy atom. The van der Waals surface area contributed by atoms with Gasteiger partial charge in [-0.3, -0.25) is 14.4 Å². The second-order valence-corrected chi connectivity index (χ2v) is 7.43. The molecule has 2 rings (SSSR count). The second-order valence-electron chi connectivity index (χ2n) is 7.43. The zero-order chi connectivity index (χ0) is 20.0. The zero-order valence-corrected chi connectivity index (χ0v) is 15.8. The number of aliphatic carboxylic acids is 1. The Labute approximate surface area is 158 Å². The number of carboxylic acids is 1. The summed E-state index contributed by atoms with van der Waals surface area (Å²) in [5, 5.41) is 11.6. The molecule has 0 aliphatic carbocycles. The number of benzene rings is 1. The number of piperidine rings is 1. The minimum Gasteiger partial charge on any atom is -0.481 e.